The average Bonchev–Trinajstić information content (AvgIpc) is 3.58. The van der Waals surface area contributed by atoms with Gasteiger partial charge in [-0.3, -0.25) is 9.69 Å². The fourth-order valence-corrected chi connectivity index (χ4v) is 5.60. The van der Waals surface area contributed by atoms with E-state index in [4.69, 9.17) is 24.0 Å². The van der Waals surface area contributed by atoms with Gasteiger partial charge in [-0.1, -0.05) is 30.3 Å². The van der Waals surface area contributed by atoms with Crippen LogP contribution < -0.4 is 9.47 Å². The van der Waals surface area contributed by atoms with E-state index in [0.29, 0.717) is 38.4 Å². The molecule has 1 amide bonds. The molecule has 1 fully saturated rings. The number of hydrogen-bond acceptors (Lipinski definition) is 7. The molecular weight excluding hydrogens is 608 g/mol. The molecule has 1 aliphatic heterocycles. The first-order chi connectivity index (χ1) is 19.9. The Morgan fingerprint density at radius 2 is 1.85 bits per heavy atom. The third kappa shape index (κ3) is 6.90. The van der Waals surface area contributed by atoms with Crippen LogP contribution in [-0.4, -0.2) is 33.7 Å². The van der Waals surface area contributed by atoms with Gasteiger partial charge in [0.1, 0.15) is 12.4 Å². The molecule has 0 saturated carbocycles. The van der Waals surface area contributed by atoms with Crippen molar-refractivity contribution in [1.82, 2.24) is 4.90 Å². The maximum Gasteiger partial charge on any atom is 0.335 e. The summed E-state index contributed by atoms with van der Waals surface area (Å²) in [7, 11) is 0. The standard InChI is InChI=1S/C31H25BrN2O6S/c1-2-38-26-16-21(15-25(32)28(26)40-19-20-10-12-22(13-11-20)30(36)37)17-27-29(35)34(18-24-9-6-14-39-24)31(41-27)33-23-7-4-3-5-8-23/h3-17H,2,18-19H2,1H3,(H,36,37)/b27-17-,33-31?. The van der Waals surface area contributed by atoms with Crippen molar-refractivity contribution in [2.75, 3.05) is 6.61 Å². The van der Waals surface area contributed by atoms with E-state index in [1.807, 2.05) is 55.5 Å². The molecule has 0 bridgehead atoms. The maximum atomic E-state index is 13.5. The fraction of sp³-hybridized carbons (Fsp3) is 0.129. The number of carboxylic acid groups (broad SMARTS) is 1. The number of carboxylic acids is 1. The van der Waals surface area contributed by atoms with Gasteiger partial charge in [-0.25, -0.2) is 9.79 Å². The number of para-hydroxylation sites is 1. The average molecular weight is 634 g/mol. The summed E-state index contributed by atoms with van der Waals surface area (Å²) in [4.78, 5) is 31.5. The normalized spacial score (nSPS) is 15.1. The number of amidine groups is 1. The zero-order chi connectivity index (χ0) is 28.8. The monoisotopic (exact) mass is 632 g/mol. The maximum absolute atomic E-state index is 13.5. The summed E-state index contributed by atoms with van der Waals surface area (Å²) in [6.07, 6.45) is 3.38. The van der Waals surface area contributed by atoms with E-state index < -0.39 is 5.97 Å². The molecule has 0 spiro atoms. The van der Waals surface area contributed by atoms with Crippen molar-refractivity contribution in [3.63, 3.8) is 0 Å². The molecule has 5 rings (SSSR count). The minimum atomic E-state index is -0.981. The van der Waals surface area contributed by atoms with Crippen molar-refractivity contribution in [3.8, 4) is 11.5 Å². The summed E-state index contributed by atoms with van der Waals surface area (Å²) in [6, 6.07) is 23.3. The zero-order valence-electron chi connectivity index (χ0n) is 22.0. The molecule has 2 heterocycles. The Bertz CT molecular complexity index is 1600. The van der Waals surface area contributed by atoms with Crippen LogP contribution in [0.5, 0.6) is 11.5 Å². The van der Waals surface area contributed by atoms with Crippen LogP contribution in [0.3, 0.4) is 0 Å². The van der Waals surface area contributed by atoms with Crippen LogP contribution in [0.25, 0.3) is 6.08 Å². The first kappa shape index (κ1) is 28.3. The van der Waals surface area contributed by atoms with Crippen LogP contribution >= 0.6 is 27.7 Å². The van der Waals surface area contributed by atoms with Crippen LogP contribution in [0.4, 0.5) is 5.69 Å². The van der Waals surface area contributed by atoms with E-state index in [1.165, 1.54) is 23.9 Å². The highest BCUT2D eigenvalue weighted by Gasteiger charge is 2.34. The van der Waals surface area contributed by atoms with Crippen molar-refractivity contribution >= 4 is 56.5 Å². The first-order valence-corrected chi connectivity index (χ1v) is 14.3. The van der Waals surface area contributed by atoms with E-state index >= 15 is 0 Å². The Morgan fingerprint density at radius 3 is 2.54 bits per heavy atom. The van der Waals surface area contributed by atoms with Crippen LogP contribution in [0.1, 0.15) is 34.2 Å². The summed E-state index contributed by atoms with van der Waals surface area (Å²) in [5.74, 6) is 0.510. The molecule has 0 radical (unpaired) electrons. The highest BCUT2D eigenvalue weighted by molar-refractivity contribution is 9.10. The van der Waals surface area contributed by atoms with Crippen molar-refractivity contribution < 1.29 is 28.6 Å². The van der Waals surface area contributed by atoms with Crippen LogP contribution in [0.2, 0.25) is 0 Å². The molecule has 0 unspecified atom stereocenters. The van der Waals surface area contributed by atoms with E-state index in [2.05, 4.69) is 15.9 Å². The molecule has 0 aliphatic carbocycles. The predicted molar refractivity (Wildman–Crippen MR) is 161 cm³/mol. The van der Waals surface area contributed by atoms with E-state index in [9.17, 15) is 9.59 Å². The summed E-state index contributed by atoms with van der Waals surface area (Å²) in [5, 5.41) is 9.68. The molecule has 1 aliphatic rings. The van der Waals surface area contributed by atoms with Gasteiger partial charge >= 0.3 is 5.97 Å². The number of thioether (sulfide) groups is 1. The number of amides is 1. The highest BCUT2D eigenvalue weighted by Crippen LogP contribution is 2.40. The second kappa shape index (κ2) is 12.9. The number of benzene rings is 3. The van der Waals surface area contributed by atoms with E-state index in [1.54, 1.807) is 35.4 Å². The summed E-state index contributed by atoms with van der Waals surface area (Å²) < 4.78 is 18.1. The predicted octanol–water partition coefficient (Wildman–Crippen LogP) is 7.52. The van der Waals surface area contributed by atoms with E-state index in [0.717, 1.165) is 16.8 Å². The number of carbonyl (C=O) groups excluding carboxylic acids is 1. The lowest BCUT2D eigenvalue weighted by Crippen LogP contribution is -2.28. The Hall–Kier alpha value is -4.28. The number of furan rings is 1. The van der Waals surface area contributed by atoms with Crippen molar-refractivity contribution in [3.05, 3.63) is 117 Å². The molecule has 0 atom stereocenters. The molecular formula is C31H25BrN2O6S. The number of aromatic carboxylic acids is 1. The summed E-state index contributed by atoms with van der Waals surface area (Å²) in [6.45, 7) is 2.77. The van der Waals surface area contributed by atoms with Gasteiger partial charge in [0.2, 0.25) is 0 Å². The lowest BCUT2D eigenvalue weighted by molar-refractivity contribution is -0.122. The lowest BCUT2D eigenvalue weighted by atomic mass is 10.1. The van der Waals surface area contributed by atoms with Crippen molar-refractivity contribution in [2.45, 2.75) is 20.1 Å². The second-order valence-electron chi connectivity index (χ2n) is 8.86. The minimum absolute atomic E-state index is 0.180. The topological polar surface area (TPSA) is 102 Å². The van der Waals surface area contributed by atoms with Gasteiger partial charge < -0.3 is 19.0 Å². The first-order valence-electron chi connectivity index (χ1n) is 12.7. The molecule has 10 heteroatoms. The van der Waals surface area contributed by atoms with Crippen LogP contribution in [0, 0.1) is 0 Å². The van der Waals surface area contributed by atoms with Gasteiger partial charge in [-0.2, -0.15) is 0 Å². The van der Waals surface area contributed by atoms with Gasteiger partial charge in [0.25, 0.3) is 5.91 Å². The molecule has 1 saturated heterocycles. The SMILES string of the molecule is CCOc1cc(/C=C2\SC(=Nc3ccccc3)N(Cc3ccco3)C2=O)cc(Br)c1OCc1ccc(C(=O)O)cc1. The third-order valence-electron chi connectivity index (χ3n) is 5.98. The van der Waals surface area contributed by atoms with Gasteiger partial charge in [0, 0.05) is 0 Å². The third-order valence-corrected chi connectivity index (χ3v) is 7.57. The van der Waals surface area contributed by atoms with Gasteiger partial charge in [-0.05, 0) is 100 Å². The number of aliphatic imine (C=N–C) groups is 1. The minimum Gasteiger partial charge on any atom is -0.490 e. The molecule has 8 nitrogen and oxygen atoms in total. The van der Waals surface area contributed by atoms with Gasteiger partial charge in [0.05, 0.1) is 40.0 Å². The molecule has 4 aromatic rings. The lowest BCUT2D eigenvalue weighted by Gasteiger charge is -2.15. The Kier molecular flexibility index (Phi) is 8.91. The smallest absolute Gasteiger partial charge is 0.335 e. The van der Waals surface area contributed by atoms with Crippen molar-refractivity contribution in [2.24, 2.45) is 4.99 Å². The molecule has 41 heavy (non-hydrogen) atoms. The fourth-order valence-electron chi connectivity index (χ4n) is 4.03. The van der Waals surface area contributed by atoms with Gasteiger partial charge in [-0.15, -0.1) is 0 Å². The number of rotatable bonds is 10. The molecule has 208 valence electrons. The molecule has 1 N–H and O–H groups in total. The van der Waals surface area contributed by atoms with E-state index in [-0.39, 0.29) is 24.6 Å². The summed E-state index contributed by atoms with van der Waals surface area (Å²) >= 11 is 4.89. The van der Waals surface area contributed by atoms with Crippen molar-refractivity contribution in [1.29, 1.82) is 0 Å². The Labute approximate surface area is 249 Å². The Balaban J connectivity index is 1.41. The number of carbonyl (C=O) groups is 2. The summed E-state index contributed by atoms with van der Waals surface area (Å²) in [5.41, 5.74) is 2.51. The quantitative estimate of drug-likeness (QED) is 0.180. The molecule has 1 aromatic heterocycles. The number of halogens is 1. The number of nitrogens with zero attached hydrogens (tertiary/aromatic N) is 2. The van der Waals surface area contributed by atoms with Crippen LogP contribution in [0.15, 0.2) is 104 Å². The largest absolute Gasteiger partial charge is 0.490 e. The second-order valence-corrected chi connectivity index (χ2v) is 10.7. The number of ether oxygens (including phenoxy) is 2. The highest BCUT2D eigenvalue weighted by atomic mass is 79.9. The zero-order valence-corrected chi connectivity index (χ0v) is 24.4. The van der Waals surface area contributed by atoms with Gasteiger partial charge in [0.15, 0.2) is 16.7 Å². The Morgan fingerprint density at radius 1 is 1.07 bits per heavy atom. The van der Waals surface area contributed by atoms with Crippen LogP contribution in [-0.2, 0) is 17.9 Å². The molecule has 3 aromatic carbocycles. The number of hydrogen-bond donors (Lipinski definition) is 1.